The van der Waals surface area contributed by atoms with Crippen molar-refractivity contribution in [1.82, 2.24) is 5.09 Å². The molecule has 0 spiro atoms. The first-order valence-corrected chi connectivity index (χ1v) is 10.6. The minimum absolute atomic E-state index is 0.0111. The second-order valence-corrected chi connectivity index (χ2v) is 8.19. The van der Waals surface area contributed by atoms with Crippen molar-refractivity contribution in [2.45, 2.75) is 50.6 Å². The van der Waals surface area contributed by atoms with Gasteiger partial charge in [0.2, 0.25) is 0 Å². The van der Waals surface area contributed by atoms with Gasteiger partial charge < -0.3 is 19.4 Å². The minimum Gasteiger partial charge on any atom is -0.382 e. The minimum atomic E-state index is -4.39. The molecule has 1 rings (SSSR count). The van der Waals surface area contributed by atoms with Crippen molar-refractivity contribution < 1.29 is 37.6 Å². The predicted molar refractivity (Wildman–Crippen MR) is 83.9 cm³/mol. The molecule has 0 aromatic heterocycles. The van der Waals surface area contributed by atoms with Gasteiger partial charge in [0.25, 0.3) is 0 Å². The van der Waals surface area contributed by atoms with Gasteiger partial charge in [0, 0.05) is 12.5 Å². The first kappa shape index (κ1) is 21.3. The molecule has 4 N–H and O–H groups in total. The van der Waals surface area contributed by atoms with Crippen LogP contribution in [0.5, 0.6) is 0 Å². The molecule has 134 valence electrons. The molecule has 23 heavy (non-hydrogen) atoms. The van der Waals surface area contributed by atoms with Crippen LogP contribution in [0.2, 0.25) is 0 Å². The van der Waals surface area contributed by atoms with Crippen LogP contribution >= 0.6 is 15.6 Å². The van der Waals surface area contributed by atoms with Crippen LogP contribution in [-0.2, 0) is 22.9 Å². The van der Waals surface area contributed by atoms with Crippen LogP contribution in [0.1, 0.15) is 38.5 Å². The zero-order valence-corrected chi connectivity index (χ0v) is 14.7. The average Bonchev–Trinajstić information content (AvgIpc) is 2.84. The maximum atomic E-state index is 11.7. The third-order valence-corrected chi connectivity index (χ3v) is 4.86. The Morgan fingerprint density at radius 2 is 1.78 bits per heavy atom. The number of hydrogen-bond donors (Lipinski definition) is 4. The van der Waals surface area contributed by atoms with Gasteiger partial charge in [-0.2, -0.15) is 0 Å². The van der Waals surface area contributed by atoms with E-state index in [1.807, 2.05) is 0 Å². The molecule has 1 aliphatic rings. The standard InChI is InChI=1S/C11H24BNO8P2/c12-11-6-5-10(21-11)9-20-22(14,15)13-7-3-1-2-4-8-19-23(16,17)18/h10-11H,1-9H2,(H2,13,14,15)(H2,16,17,18). The zero-order chi connectivity index (χ0) is 17.3. The van der Waals surface area contributed by atoms with Crippen LogP contribution < -0.4 is 5.09 Å². The third kappa shape index (κ3) is 11.4. The number of rotatable bonds is 12. The monoisotopic (exact) mass is 371 g/mol. The van der Waals surface area contributed by atoms with E-state index >= 15 is 0 Å². The fourth-order valence-electron chi connectivity index (χ4n) is 2.07. The Labute approximate surface area is 137 Å². The lowest BCUT2D eigenvalue weighted by Gasteiger charge is -2.16. The van der Waals surface area contributed by atoms with E-state index < -0.39 is 15.6 Å². The molecular weight excluding hydrogens is 347 g/mol. The van der Waals surface area contributed by atoms with Crippen molar-refractivity contribution in [2.75, 3.05) is 19.8 Å². The second kappa shape index (κ2) is 10.3. The fraction of sp³-hybridized carbons (Fsp3) is 1.00. The lowest BCUT2D eigenvalue weighted by molar-refractivity contribution is 0.0465. The van der Waals surface area contributed by atoms with E-state index in [2.05, 4.69) is 9.61 Å². The summed E-state index contributed by atoms with van der Waals surface area (Å²) in [6.07, 6.45) is 3.75. The Morgan fingerprint density at radius 3 is 2.39 bits per heavy atom. The highest BCUT2D eigenvalue weighted by Gasteiger charge is 2.26. The molecule has 1 aliphatic heterocycles. The Hall–Kier alpha value is 0.245. The van der Waals surface area contributed by atoms with Crippen LogP contribution in [-0.4, -0.2) is 54.4 Å². The Kier molecular flexibility index (Phi) is 9.52. The second-order valence-electron chi connectivity index (χ2n) is 5.34. The molecular formula is C11H24BNO8P2. The van der Waals surface area contributed by atoms with Crippen molar-refractivity contribution >= 4 is 23.4 Å². The summed E-state index contributed by atoms with van der Waals surface area (Å²) in [7, 11) is -2.67. The number of phosphoric acid groups is 1. The van der Waals surface area contributed by atoms with Gasteiger partial charge in [-0.15, -0.1) is 0 Å². The SMILES string of the molecule is [B]C1CCC(COP(=O)(O)NCCCCCCOP(=O)(O)O)O1. The Balaban J connectivity index is 1.99. The average molecular weight is 371 g/mol. The summed E-state index contributed by atoms with van der Waals surface area (Å²) in [4.78, 5) is 26.6. The molecule has 2 radical (unpaired) electrons. The Bertz CT molecular complexity index is 434. The molecule has 9 nitrogen and oxygen atoms in total. The van der Waals surface area contributed by atoms with E-state index in [9.17, 15) is 14.0 Å². The summed E-state index contributed by atoms with van der Waals surface area (Å²) in [6, 6.07) is -0.329. The molecule has 0 aromatic carbocycles. The fourth-order valence-corrected chi connectivity index (χ4v) is 3.34. The van der Waals surface area contributed by atoms with Crippen LogP contribution in [0, 0.1) is 0 Å². The number of nitrogens with one attached hydrogen (secondary N) is 1. The van der Waals surface area contributed by atoms with E-state index in [0.717, 1.165) is 6.42 Å². The molecule has 0 bridgehead atoms. The molecule has 1 heterocycles. The van der Waals surface area contributed by atoms with Gasteiger partial charge in [-0.25, -0.2) is 14.2 Å². The first-order chi connectivity index (χ1) is 10.7. The van der Waals surface area contributed by atoms with E-state index in [1.54, 1.807) is 0 Å². The predicted octanol–water partition coefficient (Wildman–Crippen LogP) is 1.04. The molecule has 0 saturated carbocycles. The summed E-state index contributed by atoms with van der Waals surface area (Å²) in [5.41, 5.74) is 0. The zero-order valence-electron chi connectivity index (χ0n) is 12.9. The maximum absolute atomic E-state index is 11.7. The number of phosphoric ester groups is 1. The van der Waals surface area contributed by atoms with Crippen LogP contribution in [0.15, 0.2) is 0 Å². The summed E-state index contributed by atoms with van der Waals surface area (Å²) in [5, 5.41) is 2.46. The normalized spacial score (nSPS) is 24.7. The molecule has 3 unspecified atom stereocenters. The topological polar surface area (TPSA) is 135 Å². The molecule has 1 fully saturated rings. The highest BCUT2D eigenvalue weighted by Crippen LogP contribution is 2.38. The molecule has 3 atom stereocenters. The van der Waals surface area contributed by atoms with Crippen molar-refractivity contribution in [3.8, 4) is 0 Å². The van der Waals surface area contributed by atoms with Crippen molar-refractivity contribution in [2.24, 2.45) is 0 Å². The Morgan fingerprint density at radius 1 is 1.09 bits per heavy atom. The smallest absolute Gasteiger partial charge is 0.382 e. The number of hydrogen-bond acceptors (Lipinski definition) is 5. The maximum Gasteiger partial charge on any atom is 0.469 e. The summed E-state index contributed by atoms with van der Waals surface area (Å²) in [5.74, 6) is 0. The molecule has 0 aliphatic carbocycles. The molecule has 1 saturated heterocycles. The summed E-state index contributed by atoms with van der Waals surface area (Å²) in [6.45, 7) is 0.315. The number of unbranched alkanes of at least 4 members (excludes halogenated alkanes) is 3. The van der Waals surface area contributed by atoms with Gasteiger partial charge in [0.15, 0.2) is 0 Å². The van der Waals surface area contributed by atoms with Gasteiger partial charge >= 0.3 is 15.6 Å². The van der Waals surface area contributed by atoms with Gasteiger partial charge in [0.1, 0.15) is 7.85 Å². The lowest BCUT2D eigenvalue weighted by Crippen LogP contribution is -2.20. The molecule has 12 heteroatoms. The van der Waals surface area contributed by atoms with Gasteiger partial charge in [-0.3, -0.25) is 9.05 Å². The highest BCUT2D eigenvalue weighted by molar-refractivity contribution is 7.50. The van der Waals surface area contributed by atoms with E-state index in [1.165, 1.54) is 0 Å². The van der Waals surface area contributed by atoms with Crippen LogP contribution in [0.25, 0.3) is 0 Å². The lowest BCUT2D eigenvalue weighted by atomic mass is 9.97. The molecule has 0 aromatic rings. The highest BCUT2D eigenvalue weighted by atomic mass is 31.2. The number of ether oxygens (including phenoxy) is 1. The van der Waals surface area contributed by atoms with E-state index in [0.29, 0.717) is 38.6 Å². The summed E-state index contributed by atoms with van der Waals surface area (Å²) >= 11 is 0. The van der Waals surface area contributed by atoms with Crippen molar-refractivity contribution in [3.05, 3.63) is 0 Å². The van der Waals surface area contributed by atoms with Crippen LogP contribution in [0.3, 0.4) is 0 Å². The van der Waals surface area contributed by atoms with Gasteiger partial charge in [0.05, 0.1) is 19.3 Å². The first-order valence-electron chi connectivity index (χ1n) is 7.51. The summed E-state index contributed by atoms with van der Waals surface area (Å²) < 4.78 is 36.7. The van der Waals surface area contributed by atoms with E-state index in [4.69, 9.17) is 26.9 Å². The van der Waals surface area contributed by atoms with Crippen molar-refractivity contribution in [3.63, 3.8) is 0 Å². The largest absolute Gasteiger partial charge is 0.469 e. The van der Waals surface area contributed by atoms with Crippen molar-refractivity contribution in [1.29, 1.82) is 0 Å². The molecule has 0 amide bonds. The van der Waals surface area contributed by atoms with Crippen LogP contribution in [0.4, 0.5) is 0 Å². The van der Waals surface area contributed by atoms with Gasteiger partial charge in [-0.05, 0) is 25.7 Å². The van der Waals surface area contributed by atoms with Gasteiger partial charge in [-0.1, -0.05) is 12.8 Å². The van der Waals surface area contributed by atoms with E-state index in [-0.39, 0.29) is 25.3 Å². The quantitative estimate of drug-likeness (QED) is 0.225. The third-order valence-electron chi connectivity index (χ3n) is 3.22.